The van der Waals surface area contributed by atoms with E-state index in [9.17, 15) is 4.79 Å². The van der Waals surface area contributed by atoms with Crippen LogP contribution in [0.3, 0.4) is 0 Å². The molecule has 6 nitrogen and oxygen atoms in total. The van der Waals surface area contributed by atoms with E-state index in [0.29, 0.717) is 12.5 Å². The largest absolute Gasteiger partial charge is 0.396 e. The molecule has 7 heteroatoms. The highest BCUT2D eigenvalue weighted by Gasteiger charge is 2.39. The third kappa shape index (κ3) is 5.78. The summed E-state index contributed by atoms with van der Waals surface area (Å²) in [6.45, 7) is 12.5. The Labute approximate surface area is 217 Å². The number of aromatic nitrogens is 1. The Balaban J connectivity index is 1.38. The van der Waals surface area contributed by atoms with Gasteiger partial charge in [-0.25, -0.2) is 0 Å². The lowest BCUT2D eigenvalue weighted by atomic mass is 9.82. The second-order valence-electron chi connectivity index (χ2n) is 10.0. The molecule has 0 radical (unpaired) electrons. The van der Waals surface area contributed by atoms with Crippen LogP contribution in [-0.2, 0) is 4.84 Å². The fourth-order valence-corrected chi connectivity index (χ4v) is 5.76. The number of likely N-dealkylation sites (tertiary alicyclic amines) is 2. The van der Waals surface area contributed by atoms with Gasteiger partial charge in [-0.3, -0.25) is 14.7 Å². The Morgan fingerprint density at radius 1 is 1.11 bits per heavy atom. The molecule has 2 aliphatic heterocycles. The standard InChI is InChI=1S/C28H37BrN4O2/c1-5-35-31-26(22-6-8-24(29)9-7-22)23-11-16-33(17-12-23)28(4)13-18-32(19-14-28)27(34)25-20(2)10-15-30-21(25)3/h6-10,15,23H,5,11-14,16-19H2,1-4H3/b31-26-. The van der Waals surface area contributed by atoms with Crippen molar-refractivity contribution >= 4 is 27.5 Å². The maximum absolute atomic E-state index is 13.2. The van der Waals surface area contributed by atoms with E-state index in [0.717, 1.165) is 84.4 Å². The molecule has 2 saturated heterocycles. The van der Waals surface area contributed by atoms with Crippen molar-refractivity contribution in [2.24, 2.45) is 11.1 Å². The maximum Gasteiger partial charge on any atom is 0.255 e. The molecule has 2 fully saturated rings. The van der Waals surface area contributed by atoms with Gasteiger partial charge in [-0.05, 0) is 95.8 Å². The maximum atomic E-state index is 13.2. The second kappa shape index (κ2) is 11.2. The molecule has 0 saturated carbocycles. The average molecular weight is 542 g/mol. The third-order valence-corrected chi connectivity index (χ3v) is 8.30. The molecule has 0 aliphatic carbocycles. The number of hydrogen-bond acceptors (Lipinski definition) is 5. The van der Waals surface area contributed by atoms with E-state index < -0.39 is 0 Å². The van der Waals surface area contributed by atoms with E-state index in [1.54, 1.807) is 6.20 Å². The lowest BCUT2D eigenvalue weighted by Gasteiger charge is -2.49. The first-order chi connectivity index (χ1) is 16.8. The number of carbonyl (C=O) groups is 1. The van der Waals surface area contributed by atoms with Gasteiger partial charge in [0.15, 0.2) is 0 Å². The molecule has 1 aromatic carbocycles. The van der Waals surface area contributed by atoms with Crippen molar-refractivity contribution in [3.63, 3.8) is 0 Å². The number of rotatable bonds is 6. The number of aryl methyl sites for hydroxylation is 2. The minimum atomic E-state index is 0.121. The molecular formula is C28H37BrN4O2. The van der Waals surface area contributed by atoms with Gasteiger partial charge in [0.2, 0.25) is 0 Å². The molecule has 4 rings (SSSR count). The van der Waals surface area contributed by atoms with Crippen LogP contribution in [0, 0.1) is 19.8 Å². The van der Waals surface area contributed by atoms with Crippen LogP contribution in [0.15, 0.2) is 46.2 Å². The van der Waals surface area contributed by atoms with Crippen molar-refractivity contribution in [2.45, 2.75) is 58.9 Å². The fourth-order valence-electron chi connectivity index (χ4n) is 5.49. The molecular weight excluding hydrogens is 504 g/mol. The van der Waals surface area contributed by atoms with Crippen LogP contribution in [-0.4, -0.2) is 64.7 Å². The first-order valence-corrected chi connectivity index (χ1v) is 13.5. The monoisotopic (exact) mass is 540 g/mol. The van der Waals surface area contributed by atoms with E-state index >= 15 is 0 Å². The van der Waals surface area contributed by atoms with Gasteiger partial charge in [0.1, 0.15) is 6.61 Å². The summed E-state index contributed by atoms with van der Waals surface area (Å²) >= 11 is 3.53. The molecule has 0 spiro atoms. The zero-order chi connectivity index (χ0) is 25.0. The Morgan fingerprint density at radius 3 is 2.37 bits per heavy atom. The van der Waals surface area contributed by atoms with Crippen molar-refractivity contribution in [2.75, 3.05) is 32.8 Å². The first kappa shape index (κ1) is 25.8. The average Bonchev–Trinajstić information content (AvgIpc) is 2.86. The van der Waals surface area contributed by atoms with Crippen molar-refractivity contribution in [1.82, 2.24) is 14.8 Å². The van der Waals surface area contributed by atoms with Crippen LogP contribution < -0.4 is 0 Å². The lowest BCUT2D eigenvalue weighted by molar-refractivity contribution is 0.0161. The van der Waals surface area contributed by atoms with Gasteiger partial charge in [0.25, 0.3) is 5.91 Å². The normalized spacial score (nSPS) is 19.6. The predicted octanol–water partition coefficient (Wildman–Crippen LogP) is 5.61. The zero-order valence-corrected chi connectivity index (χ0v) is 23.0. The van der Waals surface area contributed by atoms with E-state index in [4.69, 9.17) is 4.84 Å². The Bertz CT molecular complexity index is 1030. The number of piperidine rings is 2. The molecule has 1 amide bonds. The minimum absolute atomic E-state index is 0.121. The van der Waals surface area contributed by atoms with Crippen molar-refractivity contribution in [3.05, 3.63) is 63.4 Å². The first-order valence-electron chi connectivity index (χ1n) is 12.7. The number of benzene rings is 1. The summed E-state index contributed by atoms with van der Waals surface area (Å²) in [5.41, 5.74) is 4.92. The van der Waals surface area contributed by atoms with Crippen LogP contribution in [0.25, 0.3) is 0 Å². The topological polar surface area (TPSA) is 58.0 Å². The zero-order valence-electron chi connectivity index (χ0n) is 21.4. The minimum Gasteiger partial charge on any atom is -0.396 e. The Hall–Kier alpha value is -2.25. The van der Waals surface area contributed by atoms with Crippen molar-refractivity contribution in [1.29, 1.82) is 0 Å². The summed E-state index contributed by atoms with van der Waals surface area (Å²) < 4.78 is 1.07. The number of amides is 1. The van der Waals surface area contributed by atoms with Gasteiger partial charge in [0.05, 0.1) is 17.0 Å². The summed E-state index contributed by atoms with van der Waals surface area (Å²) in [4.78, 5) is 27.7. The highest BCUT2D eigenvalue weighted by molar-refractivity contribution is 9.10. The van der Waals surface area contributed by atoms with Crippen LogP contribution in [0.2, 0.25) is 0 Å². The molecule has 0 unspecified atom stereocenters. The Kier molecular flexibility index (Phi) is 8.27. The molecule has 2 aromatic rings. The lowest BCUT2D eigenvalue weighted by Crippen LogP contribution is -2.56. The molecule has 0 N–H and O–H groups in total. The van der Waals surface area contributed by atoms with Gasteiger partial charge in [-0.1, -0.05) is 33.2 Å². The summed E-state index contributed by atoms with van der Waals surface area (Å²) in [7, 11) is 0. The van der Waals surface area contributed by atoms with Gasteiger partial charge >= 0.3 is 0 Å². The van der Waals surface area contributed by atoms with Crippen LogP contribution >= 0.6 is 15.9 Å². The molecule has 2 aliphatic rings. The summed E-state index contributed by atoms with van der Waals surface area (Å²) in [5.74, 6) is 0.515. The van der Waals surface area contributed by atoms with Crippen LogP contribution in [0.4, 0.5) is 0 Å². The highest BCUT2D eigenvalue weighted by atomic mass is 79.9. The fraction of sp³-hybridized carbons (Fsp3) is 0.536. The summed E-state index contributed by atoms with van der Waals surface area (Å²) in [5, 5.41) is 4.53. The van der Waals surface area contributed by atoms with Crippen molar-refractivity contribution < 1.29 is 9.63 Å². The van der Waals surface area contributed by atoms with Gasteiger partial charge in [-0.15, -0.1) is 0 Å². The summed E-state index contributed by atoms with van der Waals surface area (Å²) in [6.07, 6.45) is 5.89. The van der Waals surface area contributed by atoms with E-state index in [2.05, 4.69) is 62.2 Å². The quantitative estimate of drug-likeness (QED) is 0.353. The smallest absolute Gasteiger partial charge is 0.255 e. The molecule has 188 valence electrons. The van der Waals surface area contributed by atoms with Gasteiger partial charge in [-0.2, -0.15) is 0 Å². The number of carbonyl (C=O) groups excluding carboxylic acids is 1. The van der Waals surface area contributed by atoms with E-state index in [1.807, 2.05) is 31.7 Å². The Morgan fingerprint density at radius 2 is 1.77 bits per heavy atom. The number of oxime groups is 1. The number of nitrogens with zero attached hydrogens (tertiary/aromatic N) is 4. The van der Waals surface area contributed by atoms with E-state index in [-0.39, 0.29) is 11.4 Å². The second-order valence-corrected chi connectivity index (χ2v) is 11.0. The molecule has 0 bridgehead atoms. The van der Waals surface area contributed by atoms with Crippen LogP contribution in [0.1, 0.15) is 66.7 Å². The number of hydrogen-bond donors (Lipinski definition) is 0. The predicted molar refractivity (Wildman–Crippen MR) is 144 cm³/mol. The van der Waals surface area contributed by atoms with Gasteiger partial charge < -0.3 is 9.74 Å². The SMILES string of the molecule is CCO/N=C(/c1ccc(Br)cc1)C1CCN(C2(C)CCN(C(=O)c3c(C)ccnc3C)CC2)CC1. The van der Waals surface area contributed by atoms with E-state index in [1.165, 1.54) is 0 Å². The third-order valence-electron chi connectivity index (χ3n) is 7.77. The summed E-state index contributed by atoms with van der Waals surface area (Å²) in [6, 6.07) is 10.3. The molecule has 35 heavy (non-hydrogen) atoms. The highest BCUT2D eigenvalue weighted by Crippen LogP contribution is 2.34. The van der Waals surface area contributed by atoms with Crippen LogP contribution in [0.5, 0.6) is 0 Å². The number of halogens is 1. The molecule has 0 atom stereocenters. The molecule has 3 heterocycles. The van der Waals surface area contributed by atoms with Gasteiger partial charge in [0, 0.05) is 35.2 Å². The van der Waals surface area contributed by atoms with Crippen molar-refractivity contribution in [3.8, 4) is 0 Å². The number of pyridine rings is 1. The molecule has 1 aromatic heterocycles.